The maximum Gasteiger partial charge on any atom is 0.264 e. The first kappa shape index (κ1) is 16.4. The number of hydrogen-bond acceptors (Lipinski definition) is 3. The molecule has 2 aliphatic rings. The number of hydrogen-bond donors (Lipinski definition) is 0. The molecule has 0 atom stereocenters. The van der Waals surface area contributed by atoms with Gasteiger partial charge in [0.05, 0.1) is 17.2 Å². The minimum atomic E-state index is -3.52. The molecule has 2 aliphatic heterocycles. The molecule has 0 amide bonds. The molecule has 27 heavy (non-hydrogen) atoms. The Balaban J connectivity index is 1.51. The summed E-state index contributed by atoms with van der Waals surface area (Å²) in [5.74, 6) is 0.972. The number of anilines is 1. The lowest BCUT2D eigenvalue weighted by Gasteiger charge is -2.19. The highest BCUT2D eigenvalue weighted by Gasteiger charge is 2.30. The fraction of sp³-hybridized carbons (Fsp3) is 0.182. The van der Waals surface area contributed by atoms with Crippen molar-refractivity contribution in [3.05, 3.63) is 77.9 Å². The summed E-state index contributed by atoms with van der Waals surface area (Å²) in [6.45, 7) is 1.23. The Hall–Kier alpha value is -2.79. The van der Waals surface area contributed by atoms with E-state index in [1.165, 1.54) is 9.87 Å². The van der Waals surface area contributed by atoms with Crippen molar-refractivity contribution in [3.63, 3.8) is 0 Å². The quantitative estimate of drug-likeness (QED) is 0.692. The molecule has 0 fully saturated rings. The van der Waals surface area contributed by atoms with Gasteiger partial charge in [-0.15, -0.1) is 0 Å². The Morgan fingerprint density at radius 1 is 0.815 bits per heavy atom. The van der Waals surface area contributed by atoms with E-state index in [4.69, 9.17) is 4.74 Å². The molecule has 0 spiro atoms. The van der Waals surface area contributed by atoms with Crippen LogP contribution >= 0.6 is 0 Å². The van der Waals surface area contributed by atoms with E-state index in [9.17, 15) is 8.42 Å². The highest BCUT2D eigenvalue weighted by Crippen LogP contribution is 2.37. The van der Waals surface area contributed by atoms with Crippen molar-refractivity contribution in [2.45, 2.75) is 17.7 Å². The molecule has 0 saturated heterocycles. The Morgan fingerprint density at radius 3 is 2.37 bits per heavy atom. The van der Waals surface area contributed by atoms with Crippen LogP contribution in [0.2, 0.25) is 0 Å². The van der Waals surface area contributed by atoms with Gasteiger partial charge in [0.1, 0.15) is 5.75 Å². The van der Waals surface area contributed by atoms with E-state index in [2.05, 4.69) is 18.2 Å². The van der Waals surface area contributed by atoms with Crippen molar-refractivity contribution in [2.24, 2.45) is 0 Å². The lowest BCUT2D eigenvalue weighted by Crippen LogP contribution is -2.29. The topological polar surface area (TPSA) is 46.6 Å². The SMILES string of the molecule is O=S(=O)(c1ccccc1)N1CCc2cc(-c3ccc4c(c3)CCO4)ccc21. The smallest absolute Gasteiger partial charge is 0.264 e. The van der Waals surface area contributed by atoms with E-state index in [1.54, 1.807) is 24.3 Å². The number of ether oxygens (including phenoxy) is 1. The molecule has 0 radical (unpaired) electrons. The predicted molar refractivity (Wildman–Crippen MR) is 106 cm³/mol. The van der Waals surface area contributed by atoms with Crippen LogP contribution < -0.4 is 9.04 Å². The van der Waals surface area contributed by atoms with Crippen LogP contribution in [0.5, 0.6) is 5.75 Å². The van der Waals surface area contributed by atoms with Gasteiger partial charge >= 0.3 is 0 Å². The normalized spacial score (nSPS) is 15.3. The average Bonchev–Trinajstić information content (AvgIpc) is 3.34. The highest BCUT2D eigenvalue weighted by molar-refractivity contribution is 7.92. The molecule has 0 bridgehead atoms. The number of fused-ring (bicyclic) bond motifs is 2. The lowest BCUT2D eigenvalue weighted by atomic mass is 9.99. The zero-order valence-corrected chi connectivity index (χ0v) is 15.6. The summed E-state index contributed by atoms with van der Waals surface area (Å²) in [4.78, 5) is 0.334. The molecule has 0 unspecified atom stereocenters. The standard InChI is InChI=1S/C22H19NO3S/c24-27(25,20-4-2-1-3-5-20)23-12-10-18-14-16(6-8-21(18)23)17-7-9-22-19(15-17)11-13-26-22/h1-9,14-15H,10-13H2. The van der Waals surface area contributed by atoms with Gasteiger partial charge in [0.25, 0.3) is 10.0 Å². The van der Waals surface area contributed by atoms with E-state index in [1.807, 2.05) is 24.3 Å². The Labute approximate surface area is 159 Å². The number of sulfonamides is 1. The van der Waals surface area contributed by atoms with E-state index >= 15 is 0 Å². The van der Waals surface area contributed by atoms with Gasteiger partial charge in [-0.3, -0.25) is 4.31 Å². The molecule has 0 saturated carbocycles. The maximum atomic E-state index is 13.0. The van der Waals surface area contributed by atoms with Crippen LogP contribution in [0.15, 0.2) is 71.6 Å². The molecule has 0 aliphatic carbocycles. The zero-order valence-electron chi connectivity index (χ0n) is 14.8. The fourth-order valence-corrected chi connectivity index (χ4v) is 5.41. The van der Waals surface area contributed by atoms with Gasteiger partial charge in [0.15, 0.2) is 0 Å². The van der Waals surface area contributed by atoms with Crippen molar-refractivity contribution in [3.8, 4) is 16.9 Å². The van der Waals surface area contributed by atoms with E-state index in [0.29, 0.717) is 11.4 Å². The van der Waals surface area contributed by atoms with Crippen LogP contribution in [0.4, 0.5) is 5.69 Å². The minimum Gasteiger partial charge on any atom is -0.493 e. The average molecular weight is 377 g/mol. The summed E-state index contributed by atoms with van der Waals surface area (Å²) in [5.41, 5.74) is 5.35. The van der Waals surface area contributed by atoms with Gasteiger partial charge in [0, 0.05) is 13.0 Å². The van der Waals surface area contributed by atoms with Crippen LogP contribution in [-0.2, 0) is 22.9 Å². The molecule has 2 heterocycles. The molecular formula is C22H19NO3S. The van der Waals surface area contributed by atoms with Gasteiger partial charge in [-0.2, -0.15) is 0 Å². The van der Waals surface area contributed by atoms with E-state index in [-0.39, 0.29) is 0 Å². The summed E-state index contributed by atoms with van der Waals surface area (Å²) < 4.78 is 33.1. The van der Waals surface area contributed by atoms with Gasteiger partial charge in [0.2, 0.25) is 0 Å². The predicted octanol–water partition coefficient (Wildman–Crippen LogP) is 4.04. The maximum absolute atomic E-state index is 13.0. The third-order valence-corrected chi connectivity index (χ3v) is 7.11. The van der Waals surface area contributed by atoms with Crippen molar-refractivity contribution >= 4 is 15.7 Å². The van der Waals surface area contributed by atoms with Gasteiger partial charge in [-0.05, 0) is 65.1 Å². The molecule has 4 nitrogen and oxygen atoms in total. The minimum absolute atomic E-state index is 0.334. The molecule has 0 aromatic heterocycles. The summed E-state index contributed by atoms with van der Waals surface area (Å²) in [7, 11) is -3.52. The van der Waals surface area contributed by atoms with Crippen LogP contribution in [0.25, 0.3) is 11.1 Å². The molecular weight excluding hydrogens is 358 g/mol. The van der Waals surface area contributed by atoms with Crippen molar-refractivity contribution in [1.29, 1.82) is 0 Å². The number of rotatable bonds is 3. The van der Waals surface area contributed by atoms with Crippen LogP contribution in [0.1, 0.15) is 11.1 Å². The first-order chi connectivity index (χ1) is 13.1. The van der Waals surface area contributed by atoms with Gasteiger partial charge in [-0.25, -0.2) is 8.42 Å². The second-order valence-corrected chi connectivity index (χ2v) is 8.77. The first-order valence-electron chi connectivity index (χ1n) is 9.10. The third kappa shape index (κ3) is 2.70. The molecule has 3 aromatic carbocycles. The first-order valence-corrected chi connectivity index (χ1v) is 10.5. The summed E-state index contributed by atoms with van der Waals surface area (Å²) >= 11 is 0. The Kier molecular flexibility index (Phi) is 3.72. The van der Waals surface area contributed by atoms with Gasteiger partial charge in [-0.1, -0.05) is 30.3 Å². The van der Waals surface area contributed by atoms with E-state index in [0.717, 1.165) is 47.6 Å². The summed E-state index contributed by atoms with van der Waals surface area (Å²) in [6, 6.07) is 21.0. The van der Waals surface area contributed by atoms with E-state index < -0.39 is 10.0 Å². The molecule has 5 heteroatoms. The van der Waals surface area contributed by atoms with Gasteiger partial charge < -0.3 is 4.74 Å². The number of benzene rings is 3. The second kappa shape index (κ2) is 6.13. The van der Waals surface area contributed by atoms with Crippen LogP contribution in [-0.4, -0.2) is 21.6 Å². The fourth-order valence-electron chi connectivity index (χ4n) is 3.89. The molecule has 0 N–H and O–H groups in total. The molecule has 5 rings (SSSR count). The third-order valence-electron chi connectivity index (χ3n) is 5.29. The zero-order chi connectivity index (χ0) is 18.4. The van der Waals surface area contributed by atoms with Crippen LogP contribution in [0.3, 0.4) is 0 Å². The number of nitrogens with zero attached hydrogens (tertiary/aromatic N) is 1. The van der Waals surface area contributed by atoms with Crippen molar-refractivity contribution in [1.82, 2.24) is 0 Å². The highest BCUT2D eigenvalue weighted by atomic mass is 32.2. The Bertz CT molecular complexity index is 1120. The van der Waals surface area contributed by atoms with Crippen molar-refractivity contribution in [2.75, 3.05) is 17.5 Å². The summed E-state index contributed by atoms with van der Waals surface area (Å²) in [6.07, 6.45) is 1.67. The lowest BCUT2D eigenvalue weighted by molar-refractivity contribution is 0.357. The molecule has 3 aromatic rings. The second-order valence-electron chi connectivity index (χ2n) is 6.90. The Morgan fingerprint density at radius 2 is 1.56 bits per heavy atom. The van der Waals surface area contributed by atoms with Crippen molar-refractivity contribution < 1.29 is 13.2 Å². The molecule has 136 valence electrons. The monoisotopic (exact) mass is 377 g/mol. The van der Waals surface area contributed by atoms with Crippen LogP contribution in [0, 0.1) is 0 Å². The summed E-state index contributed by atoms with van der Waals surface area (Å²) in [5, 5.41) is 0. The largest absolute Gasteiger partial charge is 0.493 e.